The molecule has 8 heteroatoms. The Hall–Kier alpha value is -3.62. The molecule has 0 aliphatic carbocycles. The summed E-state index contributed by atoms with van der Waals surface area (Å²) in [5.41, 5.74) is 8.93. The molecule has 2 aromatic carbocycles. The molecule has 0 spiro atoms. The molecule has 0 saturated carbocycles. The van der Waals surface area contributed by atoms with Crippen LogP contribution < -0.4 is 15.2 Å². The van der Waals surface area contributed by atoms with Crippen LogP contribution in [0.2, 0.25) is 25.7 Å². The van der Waals surface area contributed by atoms with Crippen molar-refractivity contribution < 1.29 is 14.2 Å². The molecular weight excluding hydrogens is 480 g/mol. The van der Waals surface area contributed by atoms with E-state index in [1.54, 1.807) is 18.3 Å². The van der Waals surface area contributed by atoms with Crippen LogP contribution in [0, 0.1) is 0 Å². The smallest absolute Gasteiger partial charge is 0.132 e. The van der Waals surface area contributed by atoms with Gasteiger partial charge in [0.25, 0.3) is 0 Å². The fourth-order valence-corrected chi connectivity index (χ4v) is 5.13. The Morgan fingerprint density at radius 1 is 1.05 bits per heavy atom. The quantitative estimate of drug-likeness (QED) is 0.207. The van der Waals surface area contributed by atoms with E-state index in [-0.39, 0.29) is 5.92 Å². The molecule has 0 bridgehead atoms. The van der Waals surface area contributed by atoms with Crippen LogP contribution in [0.5, 0.6) is 17.2 Å². The molecule has 0 radical (unpaired) electrons. The van der Waals surface area contributed by atoms with Crippen LogP contribution >= 0.6 is 0 Å². The first-order valence-corrected chi connectivity index (χ1v) is 16.4. The number of hydrogen-bond donors (Lipinski definition) is 1. The highest BCUT2D eigenvalue weighted by molar-refractivity contribution is 6.76. The van der Waals surface area contributed by atoms with Crippen molar-refractivity contribution in [2.75, 3.05) is 18.9 Å². The van der Waals surface area contributed by atoms with Crippen LogP contribution in [-0.4, -0.2) is 35.8 Å². The molecular formula is C29H34N4O3Si. The minimum absolute atomic E-state index is 0.0948. The van der Waals surface area contributed by atoms with E-state index >= 15 is 0 Å². The molecule has 5 rings (SSSR count). The zero-order valence-electron chi connectivity index (χ0n) is 21.7. The molecule has 192 valence electrons. The van der Waals surface area contributed by atoms with Crippen LogP contribution in [0.25, 0.3) is 11.3 Å². The minimum Gasteiger partial charge on any atom is -0.493 e. The van der Waals surface area contributed by atoms with Gasteiger partial charge in [-0.05, 0) is 42.3 Å². The number of nitrogens with zero attached hydrogens (tertiary/aromatic N) is 3. The number of anilines is 1. The highest BCUT2D eigenvalue weighted by Crippen LogP contribution is 2.36. The Kier molecular flexibility index (Phi) is 7.30. The highest BCUT2D eigenvalue weighted by atomic mass is 28.3. The minimum atomic E-state index is -1.16. The fraction of sp³-hybridized carbons (Fsp3) is 0.310. The van der Waals surface area contributed by atoms with Crippen molar-refractivity contribution in [3.8, 4) is 28.5 Å². The average molecular weight is 515 g/mol. The van der Waals surface area contributed by atoms with Crippen LogP contribution in [0.1, 0.15) is 17.3 Å². The summed E-state index contributed by atoms with van der Waals surface area (Å²) in [6, 6.07) is 20.8. The van der Waals surface area contributed by atoms with Crippen molar-refractivity contribution in [3.63, 3.8) is 0 Å². The number of nitrogen functional groups attached to an aromatic ring is 1. The number of ether oxygens (including phenoxy) is 3. The fourth-order valence-electron chi connectivity index (χ4n) is 4.38. The third kappa shape index (κ3) is 6.39. The second-order valence-electron chi connectivity index (χ2n) is 10.7. The first-order valence-electron chi connectivity index (χ1n) is 12.7. The summed E-state index contributed by atoms with van der Waals surface area (Å²) < 4.78 is 20.5. The molecule has 1 aliphatic heterocycles. The van der Waals surface area contributed by atoms with E-state index < -0.39 is 8.07 Å². The second-order valence-corrected chi connectivity index (χ2v) is 16.3. The van der Waals surface area contributed by atoms with Gasteiger partial charge in [-0.15, -0.1) is 0 Å². The van der Waals surface area contributed by atoms with Gasteiger partial charge in [0.2, 0.25) is 0 Å². The Bertz CT molecular complexity index is 1350. The summed E-state index contributed by atoms with van der Waals surface area (Å²) in [6.07, 6.45) is 4.53. The van der Waals surface area contributed by atoms with Gasteiger partial charge in [-0.1, -0.05) is 50.0 Å². The van der Waals surface area contributed by atoms with Crippen LogP contribution in [-0.2, 0) is 17.9 Å². The summed E-state index contributed by atoms with van der Waals surface area (Å²) in [5.74, 6) is 3.76. The lowest BCUT2D eigenvalue weighted by atomic mass is 9.96. The normalized spacial score (nSPS) is 15.2. The molecule has 1 atom stereocenters. The maximum atomic E-state index is 6.18. The number of imidazole rings is 1. The number of benzene rings is 2. The number of pyridine rings is 1. The van der Waals surface area contributed by atoms with Gasteiger partial charge in [0.1, 0.15) is 35.6 Å². The maximum Gasteiger partial charge on any atom is 0.132 e. The Morgan fingerprint density at radius 3 is 2.65 bits per heavy atom. The molecule has 3 heterocycles. The summed E-state index contributed by atoms with van der Waals surface area (Å²) in [6.45, 7) is 8.91. The predicted octanol–water partition coefficient (Wildman–Crippen LogP) is 6.35. The molecule has 0 fully saturated rings. The van der Waals surface area contributed by atoms with Gasteiger partial charge in [0.15, 0.2) is 0 Å². The van der Waals surface area contributed by atoms with E-state index in [0.717, 1.165) is 53.2 Å². The number of fused-ring (bicyclic) bond motifs is 1. The number of rotatable bonds is 9. The van der Waals surface area contributed by atoms with Crippen LogP contribution in [0.15, 0.2) is 73.1 Å². The Labute approximate surface area is 219 Å². The van der Waals surface area contributed by atoms with Gasteiger partial charge in [-0.2, -0.15) is 0 Å². The lowest BCUT2D eigenvalue weighted by Gasteiger charge is -2.26. The number of aromatic nitrogens is 3. The molecule has 1 unspecified atom stereocenters. The van der Waals surface area contributed by atoms with Crippen LogP contribution in [0.4, 0.5) is 5.82 Å². The SMILES string of the molecule is C[Si](C)(C)CCOCn1cc(-c2ccccc2)nc1C1COc2ccc(Oc3ccnc(N)c3)cc2C1. The molecule has 0 saturated heterocycles. The molecule has 37 heavy (non-hydrogen) atoms. The van der Waals surface area contributed by atoms with E-state index in [4.69, 9.17) is 24.9 Å². The first-order chi connectivity index (χ1) is 17.8. The maximum absolute atomic E-state index is 6.18. The van der Waals surface area contributed by atoms with E-state index in [2.05, 4.69) is 47.5 Å². The zero-order chi connectivity index (χ0) is 25.8. The van der Waals surface area contributed by atoms with Crippen molar-refractivity contribution in [3.05, 3.63) is 84.4 Å². The van der Waals surface area contributed by atoms with Gasteiger partial charge in [0, 0.05) is 38.7 Å². The average Bonchev–Trinajstić information content (AvgIpc) is 3.30. The summed E-state index contributed by atoms with van der Waals surface area (Å²) in [5, 5.41) is 0. The number of hydrogen-bond acceptors (Lipinski definition) is 6. The lowest BCUT2D eigenvalue weighted by molar-refractivity contribution is 0.0830. The summed E-state index contributed by atoms with van der Waals surface area (Å²) in [7, 11) is -1.16. The topological polar surface area (TPSA) is 84.4 Å². The van der Waals surface area contributed by atoms with Gasteiger partial charge in [-0.3, -0.25) is 0 Å². The zero-order valence-corrected chi connectivity index (χ0v) is 22.7. The van der Waals surface area contributed by atoms with E-state index in [1.165, 1.54) is 0 Å². The predicted molar refractivity (Wildman–Crippen MR) is 149 cm³/mol. The second kappa shape index (κ2) is 10.8. The van der Waals surface area contributed by atoms with Crippen molar-refractivity contribution in [1.82, 2.24) is 14.5 Å². The molecule has 2 N–H and O–H groups in total. The van der Waals surface area contributed by atoms with Gasteiger partial charge in [0.05, 0.1) is 18.2 Å². The molecule has 2 aromatic heterocycles. The largest absolute Gasteiger partial charge is 0.493 e. The first kappa shape index (κ1) is 25.0. The van der Waals surface area contributed by atoms with Crippen molar-refractivity contribution in [2.24, 2.45) is 0 Å². The van der Waals surface area contributed by atoms with Gasteiger partial charge in [-0.25, -0.2) is 9.97 Å². The molecule has 4 aromatic rings. The Morgan fingerprint density at radius 2 is 1.86 bits per heavy atom. The van der Waals surface area contributed by atoms with Crippen molar-refractivity contribution >= 4 is 13.9 Å². The third-order valence-corrected chi connectivity index (χ3v) is 8.10. The van der Waals surface area contributed by atoms with Crippen molar-refractivity contribution in [2.45, 2.75) is 44.8 Å². The summed E-state index contributed by atoms with van der Waals surface area (Å²) in [4.78, 5) is 9.09. The molecule has 0 amide bonds. The van der Waals surface area contributed by atoms with Crippen molar-refractivity contribution in [1.29, 1.82) is 0 Å². The lowest BCUT2D eigenvalue weighted by Crippen LogP contribution is -2.24. The van der Waals surface area contributed by atoms with Gasteiger partial charge < -0.3 is 24.5 Å². The van der Waals surface area contributed by atoms with Gasteiger partial charge >= 0.3 is 0 Å². The molecule has 1 aliphatic rings. The molecule has 7 nitrogen and oxygen atoms in total. The number of nitrogens with two attached hydrogens (primary N) is 1. The highest BCUT2D eigenvalue weighted by Gasteiger charge is 2.27. The standard InChI is InChI=1S/C29H34N4O3Si/c1-37(2,3)14-13-34-20-33-18-26(21-7-5-4-6-8-21)32-29(33)23-15-22-16-24(9-10-27(22)35-19-23)36-25-11-12-31-28(30)17-25/h4-12,16-18,23H,13-15,19-20H2,1-3H3,(H2,30,31). The van der Waals surface area contributed by atoms with Crippen LogP contribution in [0.3, 0.4) is 0 Å². The Balaban J connectivity index is 1.37. The van der Waals surface area contributed by atoms with E-state index in [9.17, 15) is 0 Å². The summed E-state index contributed by atoms with van der Waals surface area (Å²) >= 11 is 0. The monoisotopic (exact) mass is 514 g/mol. The van der Waals surface area contributed by atoms with E-state index in [1.807, 2.05) is 36.4 Å². The third-order valence-electron chi connectivity index (χ3n) is 6.40. The van der Waals surface area contributed by atoms with E-state index in [0.29, 0.717) is 24.9 Å².